The van der Waals surface area contributed by atoms with Gasteiger partial charge in [-0.05, 0) is 57.7 Å². The molecule has 5 nitrogen and oxygen atoms in total. The highest BCUT2D eigenvalue weighted by Gasteiger charge is 2.46. The lowest BCUT2D eigenvalue weighted by Gasteiger charge is -2.38. The zero-order chi connectivity index (χ0) is 20.7. The summed E-state index contributed by atoms with van der Waals surface area (Å²) < 4.78 is 12.6. The van der Waals surface area contributed by atoms with E-state index in [-0.39, 0.29) is 5.92 Å². The first kappa shape index (κ1) is 20.1. The number of benzene rings is 2. The minimum Gasteiger partial charge on any atom is -0.486 e. The SMILES string of the molecule is CC1CN(Cc2cc(I)c3c(c2)OCCO3)C(=O)C2CN(Cc3ccccc3)CC12. The van der Waals surface area contributed by atoms with Crippen molar-refractivity contribution in [2.24, 2.45) is 17.8 Å². The Morgan fingerprint density at radius 3 is 2.63 bits per heavy atom. The van der Waals surface area contributed by atoms with E-state index in [2.05, 4.69) is 75.7 Å². The van der Waals surface area contributed by atoms with Gasteiger partial charge in [0, 0.05) is 32.7 Å². The van der Waals surface area contributed by atoms with Crippen LogP contribution in [-0.4, -0.2) is 48.6 Å². The summed E-state index contributed by atoms with van der Waals surface area (Å²) in [5, 5.41) is 0. The standard InChI is InChI=1S/C24H27IN2O3/c1-16-11-27(13-18-9-21(25)23-22(10-18)29-7-8-30-23)24(28)20-15-26(14-19(16)20)12-17-5-3-2-4-6-17/h2-6,9-10,16,19-20H,7-8,11-15H2,1H3. The molecule has 30 heavy (non-hydrogen) atoms. The molecule has 2 saturated heterocycles. The summed E-state index contributed by atoms with van der Waals surface area (Å²) in [5.41, 5.74) is 2.43. The van der Waals surface area contributed by atoms with Crippen LogP contribution in [0.1, 0.15) is 18.1 Å². The lowest BCUT2D eigenvalue weighted by atomic mass is 9.80. The fourth-order valence-corrected chi connectivity index (χ4v) is 5.97. The van der Waals surface area contributed by atoms with E-state index in [4.69, 9.17) is 9.47 Å². The third kappa shape index (κ3) is 3.91. The van der Waals surface area contributed by atoms with E-state index in [0.717, 1.165) is 46.8 Å². The first-order chi connectivity index (χ1) is 14.6. The predicted molar refractivity (Wildman–Crippen MR) is 123 cm³/mol. The van der Waals surface area contributed by atoms with Gasteiger partial charge in [-0.2, -0.15) is 0 Å². The predicted octanol–water partition coefficient (Wildman–Crippen LogP) is 3.79. The number of likely N-dealkylation sites (tertiary alicyclic amines) is 2. The van der Waals surface area contributed by atoms with Crippen molar-refractivity contribution in [3.8, 4) is 11.5 Å². The maximum Gasteiger partial charge on any atom is 0.227 e. The summed E-state index contributed by atoms with van der Waals surface area (Å²) in [7, 11) is 0. The van der Waals surface area contributed by atoms with Crippen molar-refractivity contribution < 1.29 is 14.3 Å². The third-order valence-corrected chi connectivity index (χ3v) is 7.39. The molecule has 1 amide bonds. The Balaban J connectivity index is 1.29. The second-order valence-corrected chi connectivity index (χ2v) is 9.91. The lowest BCUT2D eigenvalue weighted by Crippen LogP contribution is -2.48. The number of carbonyl (C=O) groups is 1. The number of amides is 1. The molecule has 0 aliphatic carbocycles. The normalized spacial score (nSPS) is 26.0. The molecule has 6 heteroatoms. The molecule has 3 unspecified atom stereocenters. The minimum atomic E-state index is 0.105. The third-order valence-electron chi connectivity index (χ3n) is 6.59. The van der Waals surface area contributed by atoms with Crippen LogP contribution in [0.15, 0.2) is 42.5 Å². The fourth-order valence-electron chi connectivity index (χ4n) is 5.15. The second kappa shape index (κ2) is 8.38. The number of fused-ring (bicyclic) bond motifs is 2. The van der Waals surface area contributed by atoms with Crippen molar-refractivity contribution in [3.63, 3.8) is 0 Å². The van der Waals surface area contributed by atoms with E-state index < -0.39 is 0 Å². The maximum atomic E-state index is 13.4. The fraction of sp³-hybridized carbons (Fsp3) is 0.458. The molecule has 3 aliphatic rings. The van der Waals surface area contributed by atoms with Crippen LogP contribution in [0, 0.1) is 21.3 Å². The molecule has 0 bridgehead atoms. The number of ether oxygens (including phenoxy) is 2. The molecular formula is C24H27IN2O3. The Morgan fingerprint density at radius 2 is 1.80 bits per heavy atom. The van der Waals surface area contributed by atoms with Crippen molar-refractivity contribution in [1.29, 1.82) is 0 Å². The van der Waals surface area contributed by atoms with E-state index in [1.807, 2.05) is 6.07 Å². The van der Waals surface area contributed by atoms with E-state index >= 15 is 0 Å². The maximum absolute atomic E-state index is 13.4. The van der Waals surface area contributed by atoms with Gasteiger partial charge in [-0.1, -0.05) is 37.3 Å². The monoisotopic (exact) mass is 518 g/mol. The van der Waals surface area contributed by atoms with E-state index in [0.29, 0.717) is 37.5 Å². The summed E-state index contributed by atoms with van der Waals surface area (Å²) >= 11 is 2.30. The Bertz CT molecular complexity index is 936. The van der Waals surface area contributed by atoms with Crippen LogP contribution in [0.2, 0.25) is 0 Å². The Labute approximate surface area is 191 Å². The zero-order valence-electron chi connectivity index (χ0n) is 17.2. The van der Waals surface area contributed by atoms with Crippen LogP contribution >= 0.6 is 22.6 Å². The van der Waals surface area contributed by atoms with Gasteiger partial charge in [0.15, 0.2) is 11.5 Å². The summed E-state index contributed by atoms with van der Waals surface area (Å²) in [4.78, 5) is 17.9. The van der Waals surface area contributed by atoms with Gasteiger partial charge in [0.05, 0.1) is 9.49 Å². The first-order valence-electron chi connectivity index (χ1n) is 10.7. The summed E-state index contributed by atoms with van der Waals surface area (Å²) in [6, 6.07) is 14.7. The van der Waals surface area contributed by atoms with Crippen LogP contribution in [-0.2, 0) is 17.9 Å². The molecule has 2 aromatic rings. The van der Waals surface area contributed by atoms with Crippen LogP contribution in [0.3, 0.4) is 0 Å². The van der Waals surface area contributed by atoms with E-state index in [9.17, 15) is 4.79 Å². The topological polar surface area (TPSA) is 42.0 Å². The van der Waals surface area contributed by atoms with Gasteiger partial charge in [0.25, 0.3) is 0 Å². The van der Waals surface area contributed by atoms with Crippen molar-refractivity contribution >= 4 is 28.5 Å². The number of piperidine rings is 1. The Hall–Kier alpha value is -1.80. The van der Waals surface area contributed by atoms with Crippen LogP contribution < -0.4 is 9.47 Å². The summed E-state index contributed by atoms with van der Waals surface area (Å²) in [6.07, 6.45) is 0. The van der Waals surface area contributed by atoms with Crippen molar-refractivity contribution in [3.05, 3.63) is 57.2 Å². The van der Waals surface area contributed by atoms with E-state index in [1.165, 1.54) is 5.56 Å². The van der Waals surface area contributed by atoms with Gasteiger partial charge >= 0.3 is 0 Å². The summed E-state index contributed by atoms with van der Waals surface area (Å²) in [6.45, 7) is 7.73. The van der Waals surface area contributed by atoms with Gasteiger partial charge < -0.3 is 14.4 Å². The smallest absolute Gasteiger partial charge is 0.227 e. The van der Waals surface area contributed by atoms with Crippen LogP contribution in [0.25, 0.3) is 0 Å². The van der Waals surface area contributed by atoms with E-state index in [1.54, 1.807) is 0 Å². The van der Waals surface area contributed by atoms with Gasteiger partial charge in [-0.3, -0.25) is 9.69 Å². The average Bonchev–Trinajstić information content (AvgIpc) is 3.17. The molecule has 0 N–H and O–H groups in total. The van der Waals surface area contributed by atoms with Gasteiger partial charge in [0.2, 0.25) is 5.91 Å². The zero-order valence-corrected chi connectivity index (χ0v) is 19.4. The minimum absolute atomic E-state index is 0.105. The van der Waals surface area contributed by atoms with Crippen LogP contribution in [0.5, 0.6) is 11.5 Å². The van der Waals surface area contributed by atoms with Gasteiger partial charge in [-0.25, -0.2) is 0 Å². The summed E-state index contributed by atoms with van der Waals surface area (Å²) in [5.74, 6) is 3.00. The molecule has 3 heterocycles. The first-order valence-corrected chi connectivity index (χ1v) is 11.8. The van der Waals surface area contributed by atoms with Crippen molar-refractivity contribution in [1.82, 2.24) is 9.80 Å². The highest BCUT2D eigenvalue weighted by atomic mass is 127. The second-order valence-electron chi connectivity index (χ2n) is 8.75. The number of nitrogens with zero attached hydrogens (tertiary/aromatic N) is 2. The highest BCUT2D eigenvalue weighted by Crippen LogP contribution is 2.39. The quantitative estimate of drug-likeness (QED) is 0.578. The Kier molecular flexibility index (Phi) is 5.62. The Morgan fingerprint density at radius 1 is 1.00 bits per heavy atom. The molecule has 0 spiro atoms. The average molecular weight is 518 g/mol. The molecule has 3 aliphatic heterocycles. The number of rotatable bonds is 4. The molecule has 0 aromatic heterocycles. The van der Waals surface area contributed by atoms with Crippen LogP contribution in [0.4, 0.5) is 0 Å². The molecule has 158 valence electrons. The van der Waals surface area contributed by atoms with Crippen molar-refractivity contribution in [2.45, 2.75) is 20.0 Å². The molecule has 2 aromatic carbocycles. The molecular weight excluding hydrogens is 491 g/mol. The van der Waals surface area contributed by atoms with Gasteiger partial charge in [-0.15, -0.1) is 0 Å². The van der Waals surface area contributed by atoms with Gasteiger partial charge in [0.1, 0.15) is 13.2 Å². The van der Waals surface area contributed by atoms with Crippen molar-refractivity contribution in [2.75, 3.05) is 32.8 Å². The largest absolute Gasteiger partial charge is 0.486 e. The molecule has 0 radical (unpaired) electrons. The highest BCUT2D eigenvalue weighted by molar-refractivity contribution is 14.1. The molecule has 5 rings (SSSR count). The number of hydrogen-bond acceptors (Lipinski definition) is 4. The number of halogens is 1. The molecule has 0 saturated carbocycles. The molecule has 3 atom stereocenters. The lowest BCUT2D eigenvalue weighted by molar-refractivity contribution is -0.142. The number of hydrogen-bond donors (Lipinski definition) is 0. The molecule has 2 fully saturated rings. The number of carbonyl (C=O) groups excluding carboxylic acids is 1.